The number of rotatable bonds is 7. The molecule has 126 valence electrons. The van der Waals surface area contributed by atoms with Gasteiger partial charge in [0.15, 0.2) is 0 Å². The van der Waals surface area contributed by atoms with E-state index in [0.717, 1.165) is 17.7 Å². The lowest BCUT2D eigenvalue weighted by Crippen LogP contribution is -2.21. The quantitative estimate of drug-likeness (QED) is 0.571. The van der Waals surface area contributed by atoms with Crippen molar-refractivity contribution in [2.24, 2.45) is 4.99 Å². The second-order valence-corrected chi connectivity index (χ2v) is 6.16. The van der Waals surface area contributed by atoms with Gasteiger partial charge in [-0.3, -0.25) is 9.79 Å². The summed E-state index contributed by atoms with van der Waals surface area (Å²) in [5.41, 5.74) is 1.28. The van der Waals surface area contributed by atoms with Crippen molar-refractivity contribution < 1.29 is 14.3 Å². The number of carbonyl (C=O) groups is 1. The number of methoxy groups -OCH3 is 2. The minimum absolute atomic E-state index is 0.157. The van der Waals surface area contributed by atoms with Crippen LogP contribution in [-0.2, 0) is 6.42 Å². The number of Topliss-reactive ketones (excluding diaryl/α,β-unsaturated/α-hetero) is 1. The first-order valence-corrected chi connectivity index (χ1v) is 7.81. The molecule has 24 heavy (non-hydrogen) atoms. The van der Waals surface area contributed by atoms with E-state index in [0.29, 0.717) is 11.3 Å². The van der Waals surface area contributed by atoms with Crippen LogP contribution in [0.25, 0.3) is 0 Å². The van der Waals surface area contributed by atoms with Gasteiger partial charge in [0.1, 0.15) is 11.5 Å². The van der Waals surface area contributed by atoms with Crippen molar-refractivity contribution in [1.82, 2.24) is 0 Å². The largest absolute Gasteiger partial charge is 0.497 e. The Hall–Kier alpha value is -2.62. The Morgan fingerprint density at radius 3 is 2.33 bits per heavy atom. The monoisotopic (exact) mass is 325 g/mol. The third-order valence-corrected chi connectivity index (χ3v) is 3.70. The molecule has 0 spiro atoms. The van der Waals surface area contributed by atoms with E-state index in [2.05, 4.69) is 4.99 Å². The first-order chi connectivity index (χ1) is 11.4. The molecule has 2 aromatic carbocycles. The molecular formula is C20H23NO3. The zero-order valence-electron chi connectivity index (χ0n) is 14.6. The van der Waals surface area contributed by atoms with Crippen molar-refractivity contribution in [3.8, 4) is 11.5 Å². The zero-order valence-corrected chi connectivity index (χ0v) is 14.6. The standard InChI is InChI=1S/C20H23NO3/c1-20(2,13-15-9-11-16(23-3)12-10-15)21-14-18(22)17-7-5-6-8-19(17)24-4/h5-12,14H,13H2,1-4H3/b21-14+. The molecule has 4 nitrogen and oxygen atoms in total. The number of ketones is 1. The van der Waals surface area contributed by atoms with Gasteiger partial charge in [0.05, 0.1) is 31.5 Å². The van der Waals surface area contributed by atoms with Gasteiger partial charge >= 0.3 is 0 Å². The normalized spacial score (nSPS) is 11.5. The Morgan fingerprint density at radius 2 is 1.71 bits per heavy atom. The van der Waals surface area contributed by atoms with Crippen LogP contribution < -0.4 is 9.47 Å². The summed E-state index contributed by atoms with van der Waals surface area (Å²) in [6.07, 6.45) is 2.12. The second-order valence-electron chi connectivity index (χ2n) is 6.16. The molecule has 2 rings (SSSR count). The molecule has 0 bridgehead atoms. The summed E-state index contributed by atoms with van der Waals surface area (Å²) in [7, 11) is 3.20. The van der Waals surface area contributed by atoms with Crippen LogP contribution in [0, 0.1) is 0 Å². The highest BCUT2D eigenvalue weighted by atomic mass is 16.5. The molecule has 0 aromatic heterocycles. The molecule has 4 heteroatoms. The first kappa shape index (κ1) is 17.7. The molecule has 0 N–H and O–H groups in total. The van der Waals surface area contributed by atoms with Gasteiger partial charge in [0.25, 0.3) is 0 Å². The number of hydrogen-bond donors (Lipinski definition) is 0. The summed E-state index contributed by atoms with van der Waals surface area (Å²) in [4.78, 5) is 16.8. The molecule has 2 aromatic rings. The molecule has 0 heterocycles. The lowest BCUT2D eigenvalue weighted by atomic mass is 9.95. The van der Waals surface area contributed by atoms with Gasteiger partial charge in [0.2, 0.25) is 5.78 Å². The average Bonchev–Trinajstić information content (AvgIpc) is 2.60. The summed E-state index contributed by atoms with van der Waals surface area (Å²) in [6, 6.07) is 15.0. The van der Waals surface area contributed by atoms with E-state index in [1.165, 1.54) is 6.21 Å². The fourth-order valence-corrected chi connectivity index (χ4v) is 2.44. The summed E-state index contributed by atoms with van der Waals surface area (Å²) >= 11 is 0. The van der Waals surface area contributed by atoms with Crippen molar-refractivity contribution in [3.63, 3.8) is 0 Å². The van der Waals surface area contributed by atoms with Crippen LogP contribution in [0.4, 0.5) is 0 Å². The van der Waals surface area contributed by atoms with Gasteiger partial charge in [0, 0.05) is 0 Å². The van der Waals surface area contributed by atoms with Gasteiger partial charge in [-0.2, -0.15) is 0 Å². The van der Waals surface area contributed by atoms with Crippen molar-refractivity contribution in [2.45, 2.75) is 25.8 Å². The minimum Gasteiger partial charge on any atom is -0.497 e. The van der Waals surface area contributed by atoms with Gasteiger partial charge in [-0.1, -0.05) is 24.3 Å². The van der Waals surface area contributed by atoms with E-state index in [9.17, 15) is 4.79 Å². The predicted molar refractivity (Wildman–Crippen MR) is 96.6 cm³/mol. The summed E-state index contributed by atoms with van der Waals surface area (Å²) in [6.45, 7) is 4.01. The smallest absolute Gasteiger partial charge is 0.207 e. The Bertz CT molecular complexity index is 718. The van der Waals surface area contributed by atoms with Crippen LogP contribution in [-0.4, -0.2) is 31.8 Å². The molecular weight excluding hydrogens is 302 g/mol. The summed E-state index contributed by atoms with van der Waals surface area (Å²) < 4.78 is 10.4. The minimum atomic E-state index is -0.383. The fourth-order valence-electron chi connectivity index (χ4n) is 2.44. The second kappa shape index (κ2) is 7.77. The number of nitrogens with zero attached hydrogens (tertiary/aromatic N) is 1. The Balaban J connectivity index is 2.09. The number of ether oxygens (including phenoxy) is 2. The van der Waals surface area contributed by atoms with Crippen molar-refractivity contribution in [1.29, 1.82) is 0 Å². The maximum Gasteiger partial charge on any atom is 0.207 e. The molecule has 0 saturated heterocycles. The lowest BCUT2D eigenvalue weighted by molar-refractivity contribution is 0.106. The van der Waals surface area contributed by atoms with E-state index in [4.69, 9.17) is 9.47 Å². The van der Waals surface area contributed by atoms with Crippen molar-refractivity contribution in [2.75, 3.05) is 14.2 Å². The molecule has 0 aliphatic heterocycles. The molecule has 0 amide bonds. The van der Waals surface area contributed by atoms with E-state index in [1.807, 2.05) is 50.2 Å². The zero-order chi connectivity index (χ0) is 17.6. The number of aliphatic imine (C=N–C) groups is 1. The number of benzene rings is 2. The summed E-state index contributed by atoms with van der Waals surface area (Å²) in [5.74, 6) is 1.23. The van der Waals surface area contributed by atoms with E-state index in [1.54, 1.807) is 26.4 Å². The highest BCUT2D eigenvalue weighted by Gasteiger charge is 2.18. The summed E-state index contributed by atoms with van der Waals surface area (Å²) in [5, 5.41) is 0. The fraction of sp³-hybridized carbons (Fsp3) is 0.300. The van der Waals surface area contributed by atoms with Crippen LogP contribution >= 0.6 is 0 Å². The van der Waals surface area contributed by atoms with Gasteiger partial charge in [-0.05, 0) is 50.1 Å². The van der Waals surface area contributed by atoms with Crippen LogP contribution in [0.2, 0.25) is 0 Å². The maximum atomic E-state index is 12.4. The highest BCUT2D eigenvalue weighted by Crippen LogP contribution is 2.21. The van der Waals surface area contributed by atoms with Gasteiger partial charge in [-0.15, -0.1) is 0 Å². The average molecular weight is 325 g/mol. The molecule has 0 fully saturated rings. The predicted octanol–water partition coefficient (Wildman–Crippen LogP) is 3.98. The van der Waals surface area contributed by atoms with Crippen LogP contribution in [0.5, 0.6) is 11.5 Å². The van der Waals surface area contributed by atoms with Crippen molar-refractivity contribution >= 4 is 12.0 Å². The third kappa shape index (κ3) is 4.69. The first-order valence-electron chi connectivity index (χ1n) is 7.81. The SMILES string of the molecule is COc1ccc(CC(C)(C)/N=C/C(=O)c2ccccc2OC)cc1. The topological polar surface area (TPSA) is 47.9 Å². The molecule has 0 atom stereocenters. The third-order valence-electron chi connectivity index (χ3n) is 3.70. The Labute approximate surface area is 143 Å². The highest BCUT2D eigenvalue weighted by molar-refractivity contribution is 6.36. The maximum absolute atomic E-state index is 12.4. The number of hydrogen-bond acceptors (Lipinski definition) is 4. The van der Waals surface area contributed by atoms with Crippen LogP contribution in [0.3, 0.4) is 0 Å². The Kier molecular flexibility index (Phi) is 5.74. The van der Waals surface area contributed by atoms with E-state index in [-0.39, 0.29) is 11.3 Å². The van der Waals surface area contributed by atoms with E-state index < -0.39 is 0 Å². The lowest BCUT2D eigenvalue weighted by Gasteiger charge is -2.19. The molecule has 0 aliphatic carbocycles. The molecule has 0 radical (unpaired) electrons. The molecule has 0 saturated carbocycles. The van der Waals surface area contributed by atoms with Crippen LogP contribution in [0.1, 0.15) is 29.8 Å². The van der Waals surface area contributed by atoms with Crippen LogP contribution in [0.15, 0.2) is 53.5 Å². The van der Waals surface area contributed by atoms with Gasteiger partial charge < -0.3 is 9.47 Å². The molecule has 0 aliphatic rings. The Morgan fingerprint density at radius 1 is 1.04 bits per heavy atom. The van der Waals surface area contributed by atoms with E-state index >= 15 is 0 Å². The van der Waals surface area contributed by atoms with Gasteiger partial charge in [-0.25, -0.2) is 0 Å². The number of carbonyl (C=O) groups excluding carboxylic acids is 1. The number of para-hydroxylation sites is 1. The van der Waals surface area contributed by atoms with Crippen molar-refractivity contribution in [3.05, 3.63) is 59.7 Å². The molecule has 0 unspecified atom stereocenters.